The second kappa shape index (κ2) is 8.22. The highest BCUT2D eigenvalue weighted by Crippen LogP contribution is 2.16. The number of methoxy groups -OCH3 is 1. The van der Waals surface area contributed by atoms with E-state index in [1.807, 2.05) is 30.3 Å². The number of carbonyl (C=O) groups excluding carboxylic acids is 2. The highest BCUT2D eigenvalue weighted by Gasteiger charge is 2.19. The van der Waals surface area contributed by atoms with Gasteiger partial charge in [-0.05, 0) is 26.3 Å². The Labute approximate surface area is 131 Å². The molecule has 0 aliphatic heterocycles. The summed E-state index contributed by atoms with van der Waals surface area (Å²) in [6.07, 6.45) is 3.05. The van der Waals surface area contributed by atoms with Crippen LogP contribution in [0.1, 0.15) is 38.8 Å². The molecule has 0 spiro atoms. The summed E-state index contributed by atoms with van der Waals surface area (Å²) in [5.41, 5.74) is 0.329. The Hall–Kier alpha value is -2.30. The molecular formula is C17H23NO4. The Morgan fingerprint density at radius 3 is 2.41 bits per heavy atom. The van der Waals surface area contributed by atoms with Crippen LogP contribution in [0.15, 0.2) is 42.5 Å². The van der Waals surface area contributed by atoms with Gasteiger partial charge in [0.05, 0.1) is 19.6 Å². The molecule has 1 aromatic carbocycles. The molecule has 0 bridgehead atoms. The monoisotopic (exact) mass is 305 g/mol. The van der Waals surface area contributed by atoms with Gasteiger partial charge in [-0.1, -0.05) is 42.5 Å². The predicted octanol–water partition coefficient (Wildman–Crippen LogP) is 3.37. The highest BCUT2D eigenvalue weighted by molar-refractivity contribution is 5.71. The molecule has 5 nitrogen and oxygen atoms in total. The molecule has 0 radical (unpaired) electrons. The quantitative estimate of drug-likeness (QED) is 0.669. The molecule has 0 aliphatic carbocycles. The minimum Gasteiger partial charge on any atom is -0.469 e. The van der Waals surface area contributed by atoms with Gasteiger partial charge in [-0.2, -0.15) is 0 Å². The number of ether oxygens (including phenoxy) is 2. The van der Waals surface area contributed by atoms with Crippen molar-refractivity contribution in [1.29, 1.82) is 0 Å². The molecule has 22 heavy (non-hydrogen) atoms. The van der Waals surface area contributed by atoms with Crippen LogP contribution < -0.4 is 5.32 Å². The number of hydrogen-bond acceptors (Lipinski definition) is 4. The molecule has 0 aliphatic rings. The number of amides is 1. The first-order chi connectivity index (χ1) is 10.3. The molecule has 120 valence electrons. The number of rotatable bonds is 5. The Kier molecular flexibility index (Phi) is 6.63. The molecule has 1 aromatic rings. The molecule has 1 N–H and O–H groups in total. The molecule has 0 aromatic heterocycles. The standard InChI is InChI=1S/C17H23NO4/c1-17(2,3)22-16(20)18-14(11-8-12-15(19)21-4)13-9-6-5-7-10-13/h5-11,14H,12H2,1-4H3,(H,18,20)/b11-8+/t14-/m0/s1. The van der Waals surface area contributed by atoms with Crippen LogP contribution in [0.2, 0.25) is 0 Å². The van der Waals surface area contributed by atoms with E-state index in [4.69, 9.17) is 4.74 Å². The summed E-state index contributed by atoms with van der Waals surface area (Å²) in [7, 11) is 1.34. The molecule has 1 rings (SSSR count). The summed E-state index contributed by atoms with van der Waals surface area (Å²) in [5, 5.41) is 2.78. The SMILES string of the molecule is COC(=O)C/C=C/[C@H](NC(=O)OC(C)(C)C)c1ccccc1. The summed E-state index contributed by atoms with van der Waals surface area (Å²) < 4.78 is 9.85. The largest absolute Gasteiger partial charge is 0.469 e. The van der Waals surface area contributed by atoms with E-state index in [1.165, 1.54) is 7.11 Å². The lowest BCUT2D eigenvalue weighted by molar-refractivity contribution is -0.139. The number of alkyl carbamates (subject to hydrolysis) is 1. The van der Waals surface area contributed by atoms with Gasteiger partial charge in [-0.15, -0.1) is 0 Å². The van der Waals surface area contributed by atoms with Crippen molar-refractivity contribution in [2.45, 2.75) is 38.8 Å². The van der Waals surface area contributed by atoms with Crippen LogP contribution in [-0.4, -0.2) is 24.8 Å². The van der Waals surface area contributed by atoms with Crippen molar-refractivity contribution in [2.24, 2.45) is 0 Å². The fraction of sp³-hybridized carbons (Fsp3) is 0.412. The van der Waals surface area contributed by atoms with Gasteiger partial charge in [0.2, 0.25) is 0 Å². The van der Waals surface area contributed by atoms with Crippen molar-refractivity contribution >= 4 is 12.1 Å². The molecule has 1 atom stereocenters. The van der Waals surface area contributed by atoms with E-state index >= 15 is 0 Å². The van der Waals surface area contributed by atoms with Crippen LogP contribution in [0.3, 0.4) is 0 Å². The average molecular weight is 305 g/mol. The maximum absolute atomic E-state index is 11.9. The first kappa shape index (κ1) is 17.8. The zero-order valence-electron chi connectivity index (χ0n) is 13.5. The molecule has 0 saturated carbocycles. The Morgan fingerprint density at radius 1 is 1.23 bits per heavy atom. The van der Waals surface area contributed by atoms with Gasteiger partial charge in [0.25, 0.3) is 0 Å². The van der Waals surface area contributed by atoms with E-state index in [0.717, 1.165) is 5.56 Å². The third-order valence-electron chi connectivity index (χ3n) is 2.67. The molecule has 5 heteroatoms. The van der Waals surface area contributed by atoms with E-state index in [9.17, 15) is 9.59 Å². The first-order valence-electron chi connectivity index (χ1n) is 7.10. The topological polar surface area (TPSA) is 64.6 Å². The lowest BCUT2D eigenvalue weighted by Gasteiger charge is -2.22. The molecule has 0 unspecified atom stereocenters. The number of carbonyl (C=O) groups is 2. The lowest BCUT2D eigenvalue weighted by Crippen LogP contribution is -2.34. The number of esters is 1. The Balaban J connectivity index is 2.79. The average Bonchev–Trinajstić information content (AvgIpc) is 2.45. The van der Waals surface area contributed by atoms with Crippen molar-refractivity contribution in [3.63, 3.8) is 0 Å². The smallest absolute Gasteiger partial charge is 0.408 e. The second-order valence-electron chi connectivity index (χ2n) is 5.74. The molecule has 1 amide bonds. The van der Waals surface area contributed by atoms with Gasteiger partial charge < -0.3 is 14.8 Å². The van der Waals surface area contributed by atoms with E-state index < -0.39 is 11.7 Å². The fourth-order valence-corrected chi connectivity index (χ4v) is 1.72. The molecule has 0 heterocycles. The maximum Gasteiger partial charge on any atom is 0.408 e. The van der Waals surface area contributed by atoms with Gasteiger partial charge >= 0.3 is 12.1 Å². The number of nitrogens with one attached hydrogen (secondary N) is 1. The van der Waals surface area contributed by atoms with Gasteiger partial charge in [0.1, 0.15) is 5.60 Å². The van der Waals surface area contributed by atoms with Crippen molar-refractivity contribution < 1.29 is 19.1 Å². The van der Waals surface area contributed by atoms with Crippen molar-refractivity contribution in [3.8, 4) is 0 Å². The summed E-state index contributed by atoms with van der Waals surface area (Å²) in [6, 6.07) is 9.07. The summed E-state index contributed by atoms with van der Waals surface area (Å²) >= 11 is 0. The van der Waals surface area contributed by atoms with Gasteiger partial charge in [-0.3, -0.25) is 4.79 Å². The minimum atomic E-state index is -0.568. The summed E-state index contributed by atoms with van der Waals surface area (Å²) in [4.78, 5) is 23.1. The van der Waals surface area contributed by atoms with E-state index in [2.05, 4.69) is 10.1 Å². The van der Waals surface area contributed by atoms with E-state index in [1.54, 1.807) is 32.9 Å². The minimum absolute atomic E-state index is 0.149. The molecule has 0 fully saturated rings. The van der Waals surface area contributed by atoms with Crippen molar-refractivity contribution in [2.75, 3.05) is 7.11 Å². The van der Waals surface area contributed by atoms with Crippen LogP contribution >= 0.6 is 0 Å². The van der Waals surface area contributed by atoms with Crippen molar-refractivity contribution in [3.05, 3.63) is 48.0 Å². The molecular weight excluding hydrogens is 282 g/mol. The highest BCUT2D eigenvalue weighted by atomic mass is 16.6. The van der Waals surface area contributed by atoms with E-state index in [0.29, 0.717) is 0 Å². The number of hydrogen-bond donors (Lipinski definition) is 1. The first-order valence-corrected chi connectivity index (χ1v) is 7.10. The Morgan fingerprint density at radius 2 is 1.86 bits per heavy atom. The third kappa shape index (κ3) is 6.92. The van der Waals surface area contributed by atoms with E-state index in [-0.39, 0.29) is 18.4 Å². The zero-order chi connectivity index (χ0) is 16.6. The number of benzene rings is 1. The fourth-order valence-electron chi connectivity index (χ4n) is 1.72. The summed E-state index contributed by atoms with van der Waals surface area (Å²) in [5.74, 6) is -0.333. The zero-order valence-corrected chi connectivity index (χ0v) is 13.5. The Bertz CT molecular complexity index is 517. The second-order valence-corrected chi connectivity index (χ2v) is 5.74. The van der Waals surface area contributed by atoms with Crippen molar-refractivity contribution in [1.82, 2.24) is 5.32 Å². The maximum atomic E-state index is 11.9. The van der Waals surface area contributed by atoms with Crippen LogP contribution in [-0.2, 0) is 14.3 Å². The summed E-state index contributed by atoms with van der Waals surface area (Å²) in [6.45, 7) is 5.41. The lowest BCUT2D eigenvalue weighted by atomic mass is 10.1. The normalized spacial score (nSPS) is 12.7. The van der Waals surface area contributed by atoms with Crippen LogP contribution in [0.25, 0.3) is 0 Å². The molecule has 0 saturated heterocycles. The van der Waals surface area contributed by atoms with Crippen LogP contribution in [0.4, 0.5) is 4.79 Å². The van der Waals surface area contributed by atoms with Gasteiger partial charge in [0.15, 0.2) is 0 Å². The van der Waals surface area contributed by atoms with Gasteiger partial charge in [-0.25, -0.2) is 4.79 Å². The van der Waals surface area contributed by atoms with Crippen LogP contribution in [0.5, 0.6) is 0 Å². The van der Waals surface area contributed by atoms with Crippen LogP contribution in [0, 0.1) is 0 Å². The third-order valence-corrected chi connectivity index (χ3v) is 2.67. The van der Waals surface area contributed by atoms with Gasteiger partial charge in [0, 0.05) is 0 Å². The predicted molar refractivity (Wildman–Crippen MR) is 84.3 cm³/mol.